The summed E-state index contributed by atoms with van der Waals surface area (Å²) < 4.78 is 13.6. The number of amides is 1. The maximum absolute atomic E-state index is 13.6. The van der Waals surface area contributed by atoms with Gasteiger partial charge in [-0.2, -0.15) is 5.26 Å². The normalized spacial score (nSPS) is 22.0. The van der Waals surface area contributed by atoms with Crippen LogP contribution >= 0.6 is 0 Å². The van der Waals surface area contributed by atoms with Crippen molar-refractivity contribution in [2.45, 2.75) is 64.5 Å². The van der Waals surface area contributed by atoms with Gasteiger partial charge in [0.2, 0.25) is 5.91 Å². The number of rotatable bonds is 4. The molecule has 168 valence electrons. The number of nitrogens with zero attached hydrogens (tertiary/aromatic N) is 4. The molecule has 1 aliphatic carbocycles. The van der Waals surface area contributed by atoms with Crippen molar-refractivity contribution in [1.82, 2.24) is 9.88 Å². The fourth-order valence-corrected chi connectivity index (χ4v) is 5.17. The summed E-state index contributed by atoms with van der Waals surface area (Å²) in [5.41, 5.74) is 3.86. The number of aromatic nitrogens is 1. The lowest BCUT2D eigenvalue weighted by Crippen LogP contribution is -2.42. The fourth-order valence-electron chi connectivity index (χ4n) is 5.17. The molecule has 2 aromatic rings. The Bertz CT molecular complexity index is 1070. The van der Waals surface area contributed by atoms with Crippen molar-refractivity contribution in [1.29, 1.82) is 5.26 Å². The van der Waals surface area contributed by atoms with Crippen LogP contribution in [0, 0.1) is 30.0 Å². The van der Waals surface area contributed by atoms with E-state index in [1.165, 1.54) is 6.07 Å². The lowest BCUT2D eigenvalue weighted by Gasteiger charge is -2.35. The van der Waals surface area contributed by atoms with Crippen molar-refractivity contribution in [2.75, 3.05) is 18.5 Å². The number of nitriles is 1. The summed E-state index contributed by atoms with van der Waals surface area (Å²) in [6.45, 7) is 7.65. The Morgan fingerprint density at radius 1 is 1.25 bits per heavy atom. The summed E-state index contributed by atoms with van der Waals surface area (Å²) >= 11 is 0. The minimum atomic E-state index is -0.477. The molecule has 32 heavy (non-hydrogen) atoms. The third kappa shape index (κ3) is 4.27. The predicted molar refractivity (Wildman–Crippen MR) is 123 cm³/mol. The van der Waals surface area contributed by atoms with E-state index in [1.807, 2.05) is 30.0 Å². The minimum absolute atomic E-state index is 0.0405. The van der Waals surface area contributed by atoms with Crippen molar-refractivity contribution in [3.05, 3.63) is 58.7 Å². The average Bonchev–Trinajstić information content (AvgIpc) is 3.04. The molecule has 6 heteroatoms. The molecular formula is C26H31FN4O. The van der Waals surface area contributed by atoms with Gasteiger partial charge in [-0.25, -0.2) is 4.39 Å². The van der Waals surface area contributed by atoms with Gasteiger partial charge in [-0.05, 0) is 69.5 Å². The number of hydrogen-bond acceptors (Lipinski definition) is 4. The van der Waals surface area contributed by atoms with Crippen molar-refractivity contribution in [3.63, 3.8) is 0 Å². The first-order valence-corrected chi connectivity index (χ1v) is 11.4. The van der Waals surface area contributed by atoms with Crippen LogP contribution in [0.2, 0.25) is 0 Å². The Hall–Kier alpha value is -2.78. The number of hydrogen-bond donors (Lipinski definition) is 0. The van der Waals surface area contributed by atoms with E-state index in [4.69, 9.17) is 10.2 Å². The molecule has 4 rings (SSSR count). The number of aryl methyl sites for hydroxylation is 1. The Morgan fingerprint density at radius 2 is 1.97 bits per heavy atom. The van der Waals surface area contributed by atoms with Gasteiger partial charge in [-0.15, -0.1) is 0 Å². The van der Waals surface area contributed by atoms with Gasteiger partial charge in [0.1, 0.15) is 11.9 Å². The average molecular weight is 435 g/mol. The number of fused-ring (bicyclic) bond motifs is 1. The quantitative estimate of drug-likeness (QED) is 0.699. The summed E-state index contributed by atoms with van der Waals surface area (Å²) in [5, 5.41) is 9.06. The molecule has 0 unspecified atom stereocenters. The van der Waals surface area contributed by atoms with Gasteiger partial charge in [0.05, 0.1) is 16.9 Å². The van der Waals surface area contributed by atoms with E-state index in [-0.39, 0.29) is 22.8 Å². The second kappa shape index (κ2) is 8.63. The van der Waals surface area contributed by atoms with Crippen LogP contribution in [0.15, 0.2) is 30.3 Å². The van der Waals surface area contributed by atoms with Crippen LogP contribution in [0.1, 0.15) is 62.0 Å². The van der Waals surface area contributed by atoms with Crippen molar-refractivity contribution < 1.29 is 9.18 Å². The van der Waals surface area contributed by atoms with E-state index in [1.54, 1.807) is 12.1 Å². The topological polar surface area (TPSA) is 60.2 Å². The van der Waals surface area contributed by atoms with Gasteiger partial charge in [0.25, 0.3) is 0 Å². The third-order valence-electron chi connectivity index (χ3n) is 7.02. The number of halogens is 1. The first-order valence-electron chi connectivity index (χ1n) is 11.4. The van der Waals surface area contributed by atoms with Gasteiger partial charge >= 0.3 is 0 Å². The molecule has 1 saturated carbocycles. The second-order valence-corrected chi connectivity index (χ2v) is 9.98. The molecule has 0 saturated heterocycles. The smallest absolute Gasteiger partial charge is 0.230 e. The van der Waals surface area contributed by atoms with Crippen LogP contribution in [-0.4, -0.2) is 35.4 Å². The maximum atomic E-state index is 13.6. The number of pyridine rings is 1. The number of anilines is 1. The Morgan fingerprint density at radius 3 is 2.66 bits per heavy atom. The molecule has 0 spiro atoms. The van der Waals surface area contributed by atoms with Gasteiger partial charge in [0.15, 0.2) is 0 Å². The summed E-state index contributed by atoms with van der Waals surface area (Å²) in [5.74, 6) is -0.213. The number of carbonyl (C=O) groups is 1. The van der Waals surface area contributed by atoms with Gasteiger partial charge in [0, 0.05) is 36.2 Å². The van der Waals surface area contributed by atoms with Crippen LogP contribution in [-0.2, 0) is 16.8 Å². The monoisotopic (exact) mass is 434 g/mol. The fraction of sp³-hybridized carbons (Fsp3) is 0.500. The van der Waals surface area contributed by atoms with Crippen molar-refractivity contribution in [3.8, 4) is 6.07 Å². The molecule has 0 bridgehead atoms. The van der Waals surface area contributed by atoms with E-state index >= 15 is 0 Å². The SMILES string of the molecule is Cc1ccc2c(n1)C(C)(C)CN2C(=O)C1CCC(N(C)Cc2ccc(F)c(C#N)c2)CC1. The molecular weight excluding hydrogens is 403 g/mol. The summed E-state index contributed by atoms with van der Waals surface area (Å²) in [4.78, 5) is 22.4. The van der Waals surface area contributed by atoms with E-state index in [0.29, 0.717) is 19.1 Å². The highest BCUT2D eigenvalue weighted by Gasteiger charge is 2.42. The highest BCUT2D eigenvalue weighted by Crippen LogP contribution is 2.41. The lowest BCUT2D eigenvalue weighted by atomic mass is 9.84. The Labute approximate surface area is 189 Å². The molecule has 0 atom stereocenters. The maximum Gasteiger partial charge on any atom is 0.230 e. The molecule has 1 aromatic heterocycles. The second-order valence-electron chi connectivity index (χ2n) is 9.98. The number of benzene rings is 1. The Kier molecular flexibility index (Phi) is 6.05. The van der Waals surface area contributed by atoms with E-state index in [2.05, 4.69) is 25.8 Å². The zero-order chi connectivity index (χ0) is 23.0. The lowest BCUT2D eigenvalue weighted by molar-refractivity contribution is -0.123. The van der Waals surface area contributed by atoms with Crippen molar-refractivity contribution >= 4 is 11.6 Å². The predicted octanol–water partition coefficient (Wildman–Crippen LogP) is 4.72. The van der Waals surface area contributed by atoms with Gasteiger partial charge in [-0.1, -0.05) is 19.9 Å². The van der Waals surface area contributed by atoms with Crippen LogP contribution in [0.25, 0.3) is 0 Å². The van der Waals surface area contributed by atoms with Crippen LogP contribution in [0.4, 0.5) is 10.1 Å². The standard InChI is InChI=1S/C26H31FN4O/c1-17-5-12-23-24(29-17)26(2,3)16-31(23)25(32)19-7-9-21(10-8-19)30(4)15-18-6-11-22(27)20(13-18)14-28/h5-6,11-13,19,21H,7-10,15-16H2,1-4H3. The molecule has 2 aliphatic rings. The zero-order valence-corrected chi connectivity index (χ0v) is 19.4. The van der Waals surface area contributed by atoms with E-state index < -0.39 is 5.82 Å². The van der Waals surface area contributed by atoms with Gasteiger partial charge < -0.3 is 4.90 Å². The highest BCUT2D eigenvalue weighted by molar-refractivity contribution is 5.97. The van der Waals surface area contributed by atoms with Gasteiger partial charge in [-0.3, -0.25) is 14.7 Å². The van der Waals surface area contributed by atoms with Crippen LogP contribution in [0.3, 0.4) is 0 Å². The highest BCUT2D eigenvalue weighted by atomic mass is 19.1. The zero-order valence-electron chi connectivity index (χ0n) is 19.4. The van der Waals surface area contributed by atoms with E-state index in [9.17, 15) is 9.18 Å². The molecule has 1 fully saturated rings. The summed E-state index contributed by atoms with van der Waals surface area (Å²) in [6, 6.07) is 11.0. The molecule has 1 aromatic carbocycles. The van der Waals surface area contributed by atoms with Crippen molar-refractivity contribution in [2.24, 2.45) is 5.92 Å². The molecule has 0 N–H and O–H groups in total. The van der Waals surface area contributed by atoms with E-state index in [0.717, 1.165) is 48.3 Å². The molecule has 0 radical (unpaired) electrons. The summed E-state index contributed by atoms with van der Waals surface area (Å²) in [6.07, 6.45) is 3.64. The minimum Gasteiger partial charge on any atom is -0.309 e. The third-order valence-corrected chi connectivity index (χ3v) is 7.02. The summed E-state index contributed by atoms with van der Waals surface area (Å²) in [7, 11) is 2.06. The molecule has 1 aliphatic heterocycles. The molecule has 5 nitrogen and oxygen atoms in total. The first kappa shape index (κ1) is 22.4. The Balaban J connectivity index is 1.38. The van der Waals surface area contributed by atoms with Crippen LogP contribution < -0.4 is 4.90 Å². The molecule has 1 amide bonds. The first-order chi connectivity index (χ1) is 15.2. The largest absolute Gasteiger partial charge is 0.309 e. The molecule has 2 heterocycles. The van der Waals surface area contributed by atoms with Crippen LogP contribution in [0.5, 0.6) is 0 Å². The number of carbonyl (C=O) groups excluding carboxylic acids is 1.